The number of nitrogens with zero attached hydrogens (tertiary/aromatic N) is 4. The van der Waals surface area contributed by atoms with Gasteiger partial charge >= 0.3 is 6.03 Å². The van der Waals surface area contributed by atoms with Gasteiger partial charge in [-0.15, -0.1) is 13.2 Å². The zero-order valence-corrected chi connectivity index (χ0v) is 18.2. The lowest BCUT2D eigenvalue weighted by Crippen LogP contribution is -2.54. The molecule has 0 fully saturated rings. The van der Waals surface area contributed by atoms with Crippen molar-refractivity contribution >= 4 is 23.6 Å². The smallest absolute Gasteiger partial charge is 0.326 e. The second-order valence-corrected chi connectivity index (χ2v) is 7.07. The third-order valence-electron chi connectivity index (χ3n) is 4.95. The standard InChI is InChI=1S/C23H34N6O/c1-5-13-25-23(27-22-26-14-9-10-16-28(22)15-6-2)29(21(24)30)20-12-11-18(7-3)17-19(20)8-4/h5-6,11-12,17H,1-2,7-10,13-16H2,3-4H3,(H2,24,30)(H,25,26,27). The van der Waals surface area contributed by atoms with Gasteiger partial charge in [-0.05, 0) is 42.9 Å². The van der Waals surface area contributed by atoms with Crippen molar-refractivity contribution in [3.63, 3.8) is 0 Å². The van der Waals surface area contributed by atoms with E-state index in [1.807, 2.05) is 18.2 Å². The number of aliphatic imine (C=N–C) groups is 2. The minimum atomic E-state index is -0.603. The highest BCUT2D eigenvalue weighted by atomic mass is 16.2. The Hall–Kier alpha value is -3.09. The van der Waals surface area contributed by atoms with E-state index in [1.54, 1.807) is 6.08 Å². The molecule has 2 rings (SSSR count). The summed E-state index contributed by atoms with van der Waals surface area (Å²) in [5.41, 5.74) is 8.80. The number of urea groups is 1. The lowest BCUT2D eigenvalue weighted by atomic mass is 10.0. The van der Waals surface area contributed by atoms with E-state index in [1.165, 1.54) is 10.5 Å². The maximum Gasteiger partial charge on any atom is 0.326 e. The average Bonchev–Trinajstić information content (AvgIpc) is 2.97. The number of aryl methyl sites for hydroxylation is 2. The molecule has 0 unspecified atom stereocenters. The minimum Gasteiger partial charge on any atom is -0.351 e. The van der Waals surface area contributed by atoms with Crippen molar-refractivity contribution in [2.24, 2.45) is 15.7 Å². The van der Waals surface area contributed by atoms with Gasteiger partial charge in [0, 0.05) is 19.6 Å². The van der Waals surface area contributed by atoms with Crippen LogP contribution < -0.4 is 16.0 Å². The van der Waals surface area contributed by atoms with Gasteiger partial charge in [-0.3, -0.25) is 10.3 Å². The van der Waals surface area contributed by atoms with E-state index >= 15 is 0 Å². The molecule has 162 valence electrons. The Kier molecular flexibility index (Phi) is 9.12. The molecule has 1 aromatic rings. The summed E-state index contributed by atoms with van der Waals surface area (Å²) in [6.07, 6.45) is 7.26. The molecule has 7 nitrogen and oxygen atoms in total. The largest absolute Gasteiger partial charge is 0.351 e. The van der Waals surface area contributed by atoms with Crippen LogP contribution in [0, 0.1) is 0 Å². The first-order chi connectivity index (χ1) is 14.5. The van der Waals surface area contributed by atoms with Crippen LogP contribution in [-0.4, -0.2) is 49.0 Å². The SMILES string of the molecule is C=CCN=C(NC1=NCCCCN1CC=C)N(C(N)=O)c1ccc(CC)cc1CC. The number of benzene rings is 1. The Balaban J connectivity index is 2.49. The number of nitrogens with two attached hydrogens (primary N) is 1. The maximum atomic E-state index is 12.6. The zero-order valence-electron chi connectivity index (χ0n) is 18.2. The van der Waals surface area contributed by atoms with Gasteiger partial charge in [0.2, 0.25) is 11.9 Å². The van der Waals surface area contributed by atoms with Gasteiger partial charge in [0.1, 0.15) is 0 Å². The monoisotopic (exact) mass is 410 g/mol. The number of guanidine groups is 2. The summed E-state index contributed by atoms with van der Waals surface area (Å²) >= 11 is 0. The molecular formula is C23H34N6O. The van der Waals surface area contributed by atoms with Crippen molar-refractivity contribution < 1.29 is 4.79 Å². The van der Waals surface area contributed by atoms with Crippen LogP contribution in [0.4, 0.5) is 10.5 Å². The summed E-state index contributed by atoms with van der Waals surface area (Å²) in [6.45, 7) is 14.3. The van der Waals surface area contributed by atoms with Crippen LogP contribution in [0.3, 0.4) is 0 Å². The highest BCUT2D eigenvalue weighted by molar-refractivity contribution is 6.19. The first-order valence-electron chi connectivity index (χ1n) is 10.6. The predicted octanol–water partition coefficient (Wildman–Crippen LogP) is 3.47. The minimum absolute atomic E-state index is 0.343. The van der Waals surface area contributed by atoms with Crippen molar-refractivity contribution in [2.45, 2.75) is 39.5 Å². The topological polar surface area (TPSA) is 86.3 Å². The van der Waals surface area contributed by atoms with Gasteiger partial charge in [-0.25, -0.2) is 14.7 Å². The zero-order chi connectivity index (χ0) is 21.9. The molecule has 0 atom stereocenters. The van der Waals surface area contributed by atoms with Crippen LogP contribution in [0.25, 0.3) is 0 Å². The number of primary amides is 1. The number of carbonyl (C=O) groups excluding carboxylic acids is 1. The maximum absolute atomic E-state index is 12.6. The van der Waals surface area contributed by atoms with E-state index in [0.29, 0.717) is 31.6 Å². The van der Waals surface area contributed by atoms with Gasteiger partial charge in [-0.2, -0.15) is 0 Å². The van der Waals surface area contributed by atoms with Crippen molar-refractivity contribution in [2.75, 3.05) is 31.1 Å². The summed E-state index contributed by atoms with van der Waals surface area (Å²) in [5.74, 6) is 1.01. The van der Waals surface area contributed by atoms with E-state index in [2.05, 4.69) is 53.3 Å². The predicted molar refractivity (Wildman–Crippen MR) is 126 cm³/mol. The average molecular weight is 411 g/mol. The Morgan fingerprint density at radius 2 is 2.10 bits per heavy atom. The van der Waals surface area contributed by atoms with E-state index in [9.17, 15) is 4.79 Å². The van der Waals surface area contributed by atoms with Crippen LogP contribution in [0.1, 0.15) is 37.8 Å². The summed E-state index contributed by atoms with van der Waals surface area (Å²) < 4.78 is 0. The van der Waals surface area contributed by atoms with Gasteiger partial charge in [0.25, 0.3) is 0 Å². The Labute approximate surface area is 180 Å². The number of rotatable bonds is 7. The molecule has 2 amide bonds. The first kappa shape index (κ1) is 23.2. The fourth-order valence-corrected chi connectivity index (χ4v) is 3.37. The molecule has 7 heteroatoms. The number of anilines is 1. The van der Waals surface area contributed by atoms with Gasteiger partial charge < -0.3 is 10.6 Å². The third kappa shape index (κ3) is 5.95. The van der Waals surface area contributed by atoms with Crippen LogP contribution in [-0.2, 0) is 12.8 Å². The molecule has 1 aliphatic rings. The quantitative estimate of drug-likeness (QED) is 0.410. The Bertz CT molecular complexity index is 814. The van der Waals surface area contributed by atoms with E-state index < -0.39 is 6.03 Å². The van der Waals surface area contributed by atoms with Crippen LogP contribution >= 0.6 is 0 Å². The summed E-state index contributed by atoms with van der Waals surface area (Å²) in [7, 11) is 0. The number of nitrogens with one attached hydrogen (secondary N) is 1. The normalized spacial score (nSPS) is 14.5. The second kappa shape index (κ2) is 11.8. The summed E-state index contributed by atoms with van der Waals surface area (Å²) in [5, 5.41) is 3.28. The van der Waals surface area contributed by atoms with Crippen molar-refractivity contribution in [3.8, 4) is 0 Å². The van der Waals surface area contributed by atoms with Crippen LogP contribution in [0.2, 0.25) is 0 Å². The Morgan fingerprint density at radius 3 is 2.73 bits per heavy atom. The molecule has 0 spiro atoms. The number of amides is 2. The van der Waals surface area contributed by atoms with E-state index in [0.717, 1.165) is 43.5 Å². The molecule has 30 heavy (non-hydrogen) atoms. The molecule has 0 aliphatic carbocycles. The van der Waals surface area contributed by atoms with E-state index in [-0.39, 0.29) is 0 Å². The lowest BCUT2D eigenvalue weighted by Gasteiger charge is -2.29. The second-order valence-electron chi connectivity index (χ2n) is 7.07. The molecule has 0 radical (unpaired) electrons. The molecule has 0 bridgehead atoms. The fraction of sp³-hybridized carbons (Fsp3) is 0.435. The molecule has 0 aromatic heterocycles. The van der Waals surface area contributed by atoms with Crippen LogP contribution in [0.15, 0.2) is 53.5 Å². The van der Waals surface area contributed by atoms with Gasteiger partial charge in [-0.1, -0.05) is 38.1 Å². The Morgan fingerprint density at radius 1 is 1.30 bits per heavy atom. The third-order valence-corrected chi connectivity index (χ3v) is 4.95. The molecular weight excluding hydrogens is 376 g/mol. The number of hydrogen-bond acceptors (Lipinski definition) is 4. The fourth-order valence-electron chi connectivity index (χ4n) is 3.37. The first-order valence-corrected chi connectivity index (χ1v) is 10.6. The van der Waals surface area contributed by atoms with Crippen molar-refractivity contribution in [1.82, 2.24) is 10.2 Å². The molecule has 3 N–H and O–H groups in total. The van der Waals surface area contributed by atoms with E-state index in [4.69, 9.17) is 5.73 Å². The lowest BCUT2D eigenvalue weighted by molar-refractivity contribution is 0.256. The molecule has 1 aromatic carbocycles. The number of carbonyl (C=O) groups is 1. The van der Waals surface area contributed by atoms with Gasteiger partial charge in [0.15, 0.2) is 0 Å². The molecule has 1 aliphatic heterocycles. The molecule has 1 heterocycles. The van der Waals surface area contributed by atoms with Crippen molar-refractivity contribution in [3.05, 3.63) is 54.6 Å². The highest BCUT2D eigenvalue weighted by Crippen LogP contribution is 2.24. The van der Waals surface area contributed by atoms with Crippen LogP contribution in [0.5, 0.6) is 0 Å². The summed E-state index contributed by atoms with van der Waals surface area (Å²) in [6, 6.07) is 5.46. The molecule has 0 saturated carbocycles. The summed E-state index contributed by atoms with van der Waals surface area (Å²) in [4.78, 5) is 25.3. The van der Waals surface area contributed by atoms with Crippen molar-refractivity contribution in [1.29, 1.82) is 0 Å². The van der Waals surface area contributed by atoms with Gasteiger partial charge in [0.05, 0.1) is 12.2 Å². The number of hydrogen-bond donors (Lipinski definition) is 2. The molecule has 0 saturated heterocycles. The highest BCUT2D eigenvalue weighted by Gasteiger charge is 2.25.